The van der Waals surface area contributed by atoms with Gasteiger partial charge < -0.3 is 9.13 Å². The van der Waals surface area contributed by atoms with Crippen molar-refractivity contribution in [2.45, 2.75) is 0 Å². The maximum absolute atomic E-state index is 5.12. The minimum Gasteiger partial charge on any atom is -0.309 e. The van der Waals surface area contributed by atoms with Gasteiger partial charge in [-0.25, -0.2) is 4.98 Å². The molecule has 0 saturated carbocycles. The summed E-state index contributed by atoms with van der Waals surface area (Å²) in [5.74, 6) is 0. The topological polar surface area (TPSA) is 22.8 Å². The van der Waals surface area contributed by atoms with E-state index in [1.54, 1.807) is 0 Å². The van der Waals surface area contributed by atoms with Crippen LogP contribution in [-0.2, 0) is 0 Å². The van der Waals surface area contributed by atoms with Gasteiger partial charge in [-0.3, -0.25) is 0 Å². The number of pyridine rings is 1. The van der Waals surface area contributed by atoms with Crippen LogP contribution in [0, 0.1) is 0 Å². The maximum atomic E-state index is 5.12. The number of hydrogen-bond donors (Lipinski definition) is 0. The SMILES string of the molecule is c1ccc(-c2cc(-c3ccc(-n4c5ccccc5c5ccc(-c6ccc7c(c6)c6ccccc6n7-c6ccc(-c7cccc8ccccc78)cc6)cc54)cc3)cc(-c3ccccc3)n2)cc1. The van der Waals surface area contributed by atoms with Crippen LogP contribution < -0.4 is 0 Å². The summed E-state index contributed by atoms with van der Waals surface area (Å²) in [5, 5.41) is 7.47. The molecule has 0 bridgehead atoms. The van der Waals surface area contributed by atoms with Crippen molar-refractivity contribution < 1.29 is 0 Å². The highest BCUT2D eigenvalue weighted by Crippen LogP contribution is 2.40. The lowest BCUT2D eigenvalue weighted by atomic mass is 9.98. The van der Waals surface area contributed by atoms with E-state index in [-0.39, 0.29) is 0 Å². The van der Waals surface area contributed by atoms with Gasteiger partial charge in [-0.05, 0) is 111 Å². The second-order valence-corrected chi connectivity index (χ2v) is 17.1. The Bertz CT molecular complexity index is 3890. The van der Waals surface area contributed by atoms with Gasteiger partial charge in [0.15, 0.2) is 0 Å². The van der Waals surface area contributed by atoms with Crippen molar-refractivity contribution in [2.24, 2.45) is 0 Å². The molecule has 0 amide bonds. The van der Waals surface area contributed by atoms with Crippen LogP contribution in [0.4, 0.5) is 0 Å². The van der Waals surface area contributed by atoms with Gasteiger partial charge in [0.1, 0.15) is 0 Å². The number of nitrogens with zero attached hydrogens (tertiary/aromatic N) is 3. The fourth-order valence-electron chi connectivity index (χ4n) is 10.1. The summed E-state index contributed by atoms with van der Waals surface area (Å²) >= 11 is 0. The summed E-state index contributed by atoms with van der Waals surface area (Å²) in [6.45, 7) is 0. The molecule has 0 aliphatic carbocycles. The van der Waals surface area contributed by atoms with E-state index >= 15 is 0 Å². The molecule has 0 atom stereocenters. The van der Waals surface area contributed by atoms with Crippen LogP contribution in [-0.4, -0.2) is 14.1 Å². The number of fused-ring (bicyclic) bond motifs is 7. The van der Waals surface area contributed by atoms with Crippen molar-refractivity contribution in [2.75, 3.05) is 0 Å². The summed E-state index contributed by atoms with van der Waals surface area (Å²) in [6.07, 6.45) is 0. The van der Waals surface area contributed by atoms with Crippen LogP contribution in [0.1, 0.15) is 0 Å². The van der Waals surface area contributed by atoms with Gasteiger partial charge in [-0.15, -0.1) is 0 Å². The van der Waals surface area contributed by atoms with Gasteiger partial charge in [-0.2, -0.15) is 0 Å². The van der Waals surface area contributed by atoms with Crippen molar-refractivity contribution in [1.82, 2.24) is 14.1 Å². The number of hydrogen-bond acceptors (Lipinski definition) is 1. The lowest BCUT2D eigenvalue weighted by Gasteiger charge is -2.13. The van der Waals surface area contributed by atoms with Crippen LogP contribution in [0.5, 0.6) is 0 Å². The predicted octanol–water partition coefficient (Wildman–Crippen LogP) is 16.8. The van der Waals surface area contributed by atoms with Crippen molar-refractivity contribution in [1.29, 1.82) is 0 Å². The Labute approximate surface area is 382 Å². The van der Waals surface area contributed by atoms with Crippen molar-refractivity contribution in [3.05, 3.63) is 249 Å². The molecule has 3 heteroatoms. The third-order valence-corrected chi connectivity index (χ3v) is 13.3. The molecular weight excluding hydrogens is 799 g/mol. The molecule has 0 aliphatic rings. The van der Waals surface area contributed by atoms with E-state index in [1.807, 2.05) is 12.1 Å². The summed E-state index contributed by atoms with van der Waals surface area (Å²) in [6, 6.07) is 90.0. The van der Waals surface area contributed by atoms with Crippen LogP contribution in [0.2, 0.25) is 0 Å². The van der Waals surface area contributed by atoms with E-state index in [4.69, 9.17) is 4.98 Å². The second-order valence-electron chi connectivity index (χ2n) is 17.1. The van der Waals surface area contributed by atoms with Gasteiger partial charge in [0.05, 0.1) is 33.5 Å². The standard InChI is InChI=1S/C63H41N3/c1-3-15-45(16-4-1)58-39-49(40-59(64-58)46-17-5-2-6-18-46)42-26-32-51(33-27-42)66-60-24-11-9-21-54(60)56-36-30-48(41-63(56)66)47-31-37-62-57(38-47)55-22-10-12-25-61(55)65(62)50-34-28-44(29-35-50)53-23-13-19-43-14-7-8-20-52(43)53/h1-41H. The molecule has 0 radical (unpaired) electrons. The first-order valence-electron chi connectivity index (χ1n) is 22.6. The zero-order valence-electron chi connectivity index (χ0n) is 36.0. The van der Waals surface area contributed by atoms with Gasteiger partial charge in [0.2, 0.25) is 0 Å². The van der Waals surface area contributed by atoms with E-state index in [9.17, 15) is 0 Å². The highest BCUT2D eigenvalue weighted by molar-refractivity contribution is 6.12. The summed E-state index contributed by atoms with van der Waals surface area (Å²) in [4.78, 5) is 5.12. The van der Waals surface area contributed by atoms with Gasteiger partial charge in [-0.1, -0.05) is 182 Å². The fourth-order valence-corrected chi connectivity index (χ4v) is 10.1. The summed E-state index contributed by atoms with van der Waals surface area (Å²) < 4.78 is 4.82. The van der Waals surface area contributed by atoms with Gasteiger partial charge in [0, 0.05) is 44.0 Å². The Kier molecular flexibility index (Phi) is 8.85. The third-order valence-electron chi connectivity index (χ3n) is 13.3. The molecular formula is C63H41N3. The first-order valence-corrected chi connectivity index (χ1v) is 22.6. The minimum atomic E-state index is 0.958. The monoisotopic (exact) mass is 839 g/mol. The maximum Gasteiger partial charge on any atom is 0.0715 e. The lowest BCUT2D eigenvalue weighted by molar-refractivity contribution is 1.18. The lowest BCUT2D eigenvalue weighted by Crippen LogP contribution is -1.95. The van der Waals surface area contributed by atoms with Crippen molar-refractivity contribution in [3.63, 3.8) is 0 Å². The predicted molar refractivity (Wildman–Crippen MR) is 278 cm³/mol. The Balaban J connectivity index is 0.895. The Morgan fingerprint density at radius 1 is 0.242 bits per heavy atom. The number of para-hydroxylation sites is 2. The molecule has 0 fully saturated rings. The molecule has 10 aromatic carbocycles. The minimum absolute atomic E-state index is 0.958. The van der Waals surface area contributed by atoms with Crippen LogP contribution >= 0.6 is 0 Å². The molecule has 3 heterocycles. The normalized spacial score (nSPS) is 11.6. The second kappa shape index (κ2) is 15.5. The molecule has 3 nitrogen and oxygen atoms in total. The van der Waals surface area contributed by atoms with Crippen molar-refractivity contribution >= 4 is 54.4 Å². The molecule has 13 aromatic rings. The Morgan fingerprint density at radius 3 is 1.38 bits per heavy atom. The Hall–Kier alpha value is -8.79. The fraction of sp³-hybridized carbons (Fsp3) is 0. The zero-order valence-corrected chi connectivity index (χ0v) is 36.0. The summed E-state index contributed by atoms with van der Waals surface area (Å²) in [7, 11) is 0. The first-order chi connectivity index (χ1) is 32.7. The quantitative estimate of drug-likeness (QED) is 0.157. The molecule has 66 heavy (non-hydrogen) atoms. The van der Waals surface area contributed by atoms with Gasteiger partial charge >= 0.3 is 0 Å². The van der Waals surface area contributed by atoms with Crippen LogP contribution in [0.25, 0.3) is 122 Å². The number of rotatable bonds is 7. The highest BCUT2D eigenvalue weighted by Gasteiger charge is 2.17. The zero-order chi connectivity index (χ0) is 43.6. The smallest absolute Gasteiger partial charge is 0.0715 e. The first kappa shape index (κ1) is 37.7. The molecule has 308 valence electrons. The molecule has 0 saturated heterocycles. The van der Waals surface area contributed by atoms with E-state index in [2.05, 4.69) is 246 Å². The van der Waals surface area contributed by atoms with Crippen LogP contribution in [0.3, 0.4) is 0 Å². The molecule has 0 aliphatic heterocycles. The van der Waals surface area contributed by atoms with Crippen molar-refractivity contribution in [3.8, 4) is 67.3 Å². The largest absolute Gasteiger partial charge is 0.309 e. The summed E-state index contributed by atoms with van der Waals surface area (Å²) in [5.41, 5.74) is 18.2. The van der Waals surface area contributed by atoms with Crippen LogP contribution in [0.15, 0.2) is 249 Å². The molecule has 0 spiro atoms. The highest BCUT2D eigenvalue weighted by atomic mass is 15.0. The van der Waals surface area contributed by atoms with E-state index in [1.165, 1.54) is 76.6 Å². The van der Waals surface area contributed by atoms with E-state index < -0.39 is 0 Å². The Morgan fingerprint density at radius 2 is 0.712 bits per heavy atom. The molecule has 13 rings (SSSR count). The average molecular weight is 840 g/mol. The average Bonchev–Trinajstić information content (AvgIpc) is 3.91. The van der Waals surface area contributed by atoms with E-state index in [0.29, 0.717) is 0 Å². The molecule has 0 unspecified atom stereocenters. The van der Waals surface area contributed by atoms with E-state index in [0.717, 1.165) is 45.0 Å². The number of benzene rings is 10. The third kappa shape index (κ3) is 6.32. The number of aromatic nitrogens is 3. The molecule has 0 N–H and O–H groups in total. The van der Waals surface area contributed by atoms with Gasteiger partial charge in [0.25, 0.3) is 0 Å². The molecule has 3 aromatic heterocycles.